The smallest absolute Gasteiger partial charge is 0.0487 e. The minimum Gasteiger partial charge on any atom is -0.328 e. The summed E-state index contributed by atoms with van der Waals surface area (Å²) < 4.78 is 0. The Labute approximate surface area is 176 Å². The van der Waals surface area contributed by atoms with Crippen molar-refractivity contribution in [3.8, 4) is 12.3 Å². The molecule has 0 saturated carbocycles. The molecule has 1 nitrogen and oxygen atoms in total. The molecule has 2 aliphatic carbocycles. The van der Waals surface area contributed by atoms with E-state index in [0.717, 1.165) is 32.1 Å². The van der Waals surface area contributed by atoms with Crippen LogP contribution in [0, 0.1) is 36.5 Å². The fourth-order valence-electron chi connectivity index (χ4n) is 4.29. The second-order valence-corrected chi connectivity index (χ2v) is 9.75. The first kappa shape index (κ1) is 21.3. The standard InChI is InChI=1S/C26H34NS/c1-4-22(23-9-7-5-6-8-10-23)18-21-11-13-24(14-12-21)26-16-15-25(28-26)19(2)17-20(3)27/h1,5,7,10-13,16,18-20,22,24-25H,6,8-9,14-15,17,27H2,2-3H3. The molecule has 0 aromatic rings. The van der Waals surface area contributed by atoms with Crippen LogP contribution in [0.2, 0.25) is 0 Å². The summed E-state index contributed by atoms with van der Waals surface area (Å²) in [6, 6.07) is 0.290. The molecule has 28 heavy (non-hydrogen) atoms. The molecule has 0 aromatic heterocycles. The van der Waals surface area contributed by atoms with Crippen molar-refractivity contribution in [3.63, 3.8) is 0 Å². The zero-order valence-corrected chi connectivity index (χ0v) is 18.1. The summed E-state index contributed by atoms with van der Waals surface area (Å²) in [6.07, 6.45) is 31.0. The van der Waals surface area contributed by atoms with Gasteiger partial charge in [-0.15, -0.1) is 18.2 Å². The molecular weight excluding hydrogens is 358 g/mol. The number of allylic oxidation sites excluding steroid dienone is 10. The zero-order chi connectivity index (χ0) is 19.9. The summed E-state index contributed by atoms with van der Waals surface area (Å²) in [5, 5.41) is 0.687. The Morgan fingerprint density at radius 2 is 2.07 bits per heavy atom. The third-order valence-electron chi connectivity index (χ3n) is 5.91. The van der Waals surface area contributed by atoms with Gasteiger partial charge in [0.1, 0.15) is 0 Å². The lowest BCUT2D eigenvalue weighted by Crippen LogP contribution is -2.23. The van der Waals surface area contributed by atoms with Gasteiger partial charge in [0.05, 0.1) is 0 Å². The van der Waals surface area contributed by atoms with Gasteiger partial charge in [-0.2, -0.15) is 0 Å². The molecule has 0 aromatic carbocycles. The van der Waals surface area contributed by atoms with Gasteiger partial charge >= 0.3 is 0 Å². The highest BCUT2D eigenvalue weighted by molar-refractivity contribution is 8.03. The molecule has 0 saturated heterocycles. The average Bonchev–Trinajstić information content (AvgIpc) is 3.03. The molecule has 5 atom stereocenters. The number of terminal acetylenes is 1. The Balaban J connectivity index is 1.52. The van der Waals surface area contributed by atoms with E-state index in [0.29, 0.717) is 23.1 Å². The van der Waals surface area contributed by atoms with E-state index in [-0.39, 0.29) is 5.92 Å². The second kappa shape index (κ2) is 10.4. The lowest BCUT2D eigenvalue weighted by Gasteiger charge is -2.23. The van der Waals surface area contributed by atoms with Crippen LogP contribution in [0.3, 0.4) is 0 Å². The van der Waals surface area contributed by atoms with Crippen LogP contribution in [-0.4, -0.2) is 11.3 Å². The van der Waals surface area contributed by atoms with Crippen LogP contribution in [0.5, 0.6) is 0 Å². The third-order valence-corrected chi connectivity index (χ3v) is 7.61. The molecular formula is C26H34NS. The number of rotatable bonds is 7. The molecule has 1 radical (unpaired) electrons. The fraction of sp³-hybridized carbons (Fsp3) is 0.500. The van der Waals surface area contributed by atoms with Gasteiger partial charge in [-0.3, -0.25) is 0 Å². The van der Waals surface area contributed by atoms with Gasteiger partial charge in [0, 0.05) is 29.5 Å². The summed E-state index contributed by atoms with van der Waals surface area (Å²) in [7, 11) is 0. The Morgan fingerprint density at radius 1 is 1.21 bits per heavy atom. The van der Waals surface area contributed by atoms with E-state index in [1.807, 2.05) is 0 Å². The van der Waals surface area contributed by atoms with E-state index in [1.54, 1.807) is 0 Å². The van der Waals surface area contributed by atoms with Crippen molar-refractivity contribution in [1.82, 2.24) is 0 Å². The summed E-state index contributed by atoms with van der Waals surface area (Å²) in [5.74, 6) is 4.30. The van der Waals surface area contributed by atoms with Gasteiger partial charge in [0.2, 0.25) is 0 Å². The van der Waals surface area contributed by atoms with Gasteiger partial charge in [-0.05, 0) is 61.8 Å². The van der Waals surface area contributed by atoms with E-state index in [1.165, 1.54) is 22.5 Å². The molecule has 2 N–H and O–H groups in total. The lowest BCUT2D eigenvalue weighted by atomic mass is 9.86. The minimum absolute atomic E-state index is 0.110. The van der Waals surface area contributed by atoms with Gasteiger partial charge < -0.3 is 5.73 Å². The zero-order valence-electron chi connectivity index (χ0n) is 17.3. The Kier molecular flexibility index (Phi) is 7.89. The monoisotopic (exact) mass is 392 g/mol. The third kappa shape index (κ3) is 5.79. The number of nitrogens with two attached hydrogens (primary N) is 1. The van der Waals surface area contributed by atoms with E-state index >= 15 is 0 Å². The Hall–Kier alpha value is -1.43. The summed E-state index contributed by atoms with van der Waals surface area (Å²) in [5.41, 5.74) is 8.64. The fourth-order valence-corrected chi connectivity index (χ4v) is 5.72. The van der Waals surface area contributed by atoms with Crippen molar-refractivity contribution in [2.75, 3.05) is 0 Å². The van der Waals surface area contributed by atoms with Crippen molar-refractivity contribution < 1.29 is 0 Å². The first-order valence-electron chi connectivity index (χ1n) is 10.7. The molecule has 0 fully saturated rings. The van der Waals surface area contributed by atoms with Gasteiger partial charge in [-0.25, -0.2) is 0 Å². The Bertz CT molecular complexity index is 728. The van der Waals surface area contributed by atoms with E-state index in [4.69, 9.17) is 12.2 Å². The molecule has 149 valence electrons. The SMILES string of the molecule is C#CC([CH]C1=CCC(C2=CCC(C(C)CC(C)N)S2)C=C1)C1=CCCC=CC1. The molecule has 3 rings (SSSR count). The van der Waals surface area contributed by atoms with Gasteiger partial charge in [0.25, 0.3) is 0 Å². The van der Waals surface area contributed by atoms with Gasteiger partial charge in [-0.1, -0.05) is 60.9 Å². The summed E-state index contributed by atoms with van der Waals surface area (Å²) in [6.45, 7) is 4.46. The maximum absolute atomic E-state index is 6.00. The summed E-state index contributed by atoms with van der Waals surface area (Å²) in [4.78, 5) is 1.54. The van der Waals surface area contributed by atoms with Crippen molar-refractivity contribution in [2.24, 2.45) is 23.5 Å². The van der Waals surface area contributed by atoms with Crippen LogP contribution < -0.4 is 5.73 Å². The first-order valence-corrected chi connectivity index (χ1v) is 11.6. The lowest BCUT2D eigenvalue weighted by molar-refractivity contribution is 0.468. The Morgan fingerprint density at radius 3 is 2.79 bits per heavy atom. The highest BCUT2D eigenvalue weighted by atomic mass is 32.2. The first-order chi connectivity index (χ1) is 13.6. The molecule has 0 bridgehead atoms. The van der Waals surface area contributed by atoms with E-state index in [2.05, 4.69) is 80.5 Å². The number of hydrogen-bond acceptors (Lipinski definition) is 2. The maximum atomic E-state index is 6.00. The van der Waals surface area contributed by atoms with Crippen LogP contribution in [0.4, 0.5) is 0 Å². The summed E-state index contributed by atoms with van der Waals surface area (Å²) >= 11 is 2.08. The van der Waals surface area contributed by atoms with Crippen molar-refractivity contribution in [1.29, 1.82) is 0 Å². The van der Waals surface area contributed by atoms with Gasteiger partial charge in [0.15, 0.2) is 0 Å². The predicted octanol–water partition coefficient (Wildman–Crippen LogP) is 6.37. The topological polar surface area (TPSA) is 26.0 Å². The van der Waals surface area contributed by atoms with Crippen molar-refractivity contribution in [3.05, 3.63) is 65.0 Å². The molecule has 1 heterocycles. The molecule has 0 amide bonds. The predicted molar refractivity (Wildman–Crippen MR) is 125 cm³/mol. The van der Waals surface area contributed by atoms with Crippen LogP contribution in [0.15, 0.2) is 58.6 Å². The molecule has 3 aliphatic rings. The molecule has 5 unspecified atom stereocenters. The normalized spacial score (nSPS) is 27.9. The van der Waals surface area contributed by atoms with E-state index in [9.17, 15) is 0 Å². The quantitative estimate of drug-likeness (QED) is 0.402. The highest BCUT2D eigenvalue weighted by Crippen LogP contribution is 2.44. The molecule has 0 spiro atoms. The van der Waals surface area contributed by atoms with Crippen LogP contribution in [0.1, 0.15) is 52.4 Å². The van der Waals surface area contributed by atoms with Crippen LogP contribution in [0.25, 0.3) is 0 Å². The average molecular weight is 393 g/mol. The van der Waals surface area contributed by atoms with Crippen LogP contribution >= 0.6 is 11.8 Å². The largest absolute Gasteiger partial charge is 0.328 e. The second-order valence-electron chi connectivity index (χ2n) is 8.44. The highest BCUT2D eigenvalue weighted by Gasteiger charge is 2.28. The van der Waals surface area contributed by atoms with Crippen molar-refractivity contribution in [2.45, 2.75) is 63.7 Å². The number of thioether (sulfide) groups is 1. The van der Waals surface area contributed by atoms with E-state index < -0.39 is 0 Å². The van der Waals surface area contributed by atoms with Crippen molar-refractivity contribution >= 4 is 11.8 Å². The minimum atomic E-state index is 0.110. The molecule has 2 heteroatoms. The number of hydrogen-bond donors (Lipinski definition) is 1. The van der Waals surface area contributed by atoms with Crippen LogP contribution in [-0.2, 0) is 0 Å². The molecule has 1 aliphatic heterocycles. The maximum Gasteiger partial charge on any atom is 0.0487 e.